The maximum absolute atomic E-state index is 12.1. The Morgan fingerprint density at radius 1 is 1.21 bits per heavy atom. The molecular weight excluding hydrogens is 304 g/mol. The van der Waals surface area contributed by atoms with Crippen LogP contribution in [-0.4, -0.2) is 43.0 Å². The molecule has 138 valence electrons. The van der Waals surface area contributed by atoms with Crippen LogP contribution in [0.1, 0.15) is 65.7 Å². The highest BCUT2D eigenvalue weighted by molar-refractivity contribution is 5.68. The van der Waals surface area contributed by atoms with Crippen molar-refractivity contribution in [2.24, 2.45) is 11.8 Å². The predicted molar refractivity (Wildman–Crippen MR) is 94.0 cm³/mol. The molecule has 3 rings (SSSR count). The zero-order valence-corrected chi connectivity index (χ0v) is 15.5. The molecule has 3 aliphatic rings. The Labute approximate surface area is 146 Å². The van der Waals surface area contributed by atoms with Gasteiger partial charge in [0, 0.05) is 25.2 Å². The van der Waals surface area contributed by atoms with Crippen LogP contribution in [0.25, 0.3) is 0 Å². The number of carbonyl (C=O) groups is 1. The Kier molecular flexibility index (Phi) is 5.70. The molecule has 5 heteroatoms. The van der Waals surface area contributed by atoms with Crippen molar-refractivity contribution in [3.8, 4) is 0 Å². The van der Waals surface area contributed by atoms with Crippen molar-refractivity contribution in [3.63, 3.8) is 0 Å². The van der Waals surface area contributed by atoms with Crippen molar-refractivity contribution in [2.75, 3.05) is 13.2 Å². The number of rotatable bonds is 7. The Bertz CT molecular complexity index is 427. The van der Waals surface area contributed by atoms with Crippen LogP contribution >= 0.6 is 0 Å². The maximum Gasteiger partial charge on any atom is 0.407 e. The van der Waals surface area contributed by atoms with Crippen LogP contribution in [-0.2, 0) is 9.47 Å². The van der Waals surface area contributed by atoms with Gasteiger partial charge in [-0.15, -0.1) is 0 Å². The smallest absolute Gasteiger partial charge is 0.407 e. The highest BCUT2D eigenvalue weighted by Crippen LogP contribution is 2.38. The van der Waals surface area contributed by atoms with Crippen LogP contribution in [0, 0.1) is 11.8 Å². The second-order valence-corrected chi connectivity index (χ2v) is 8.90. The Hall–Kier alpha value is -0.810. The number of ether oxygens (including phenoxy) is 2. The molecule has 0 radical (unpaired) electrons. The van der Waals surface area contributed by atoms with Crippen molar-refractivity contribution in [1.82, 2.24) is 10.6 Å². The highest BCUT2D eigenvalue weighted by Gasteiger charge is 2.36. The van der Waals surface area contributed by atoms with Crippen LogP contribution in [0.15, 0.2) is 0 Å². The second kappa shape index (κ2) is 7.61. The third-order valence-corrected chi connectivity index (χ3v) is 5.15. The molecule has 3 unspecified atom stereocenters. The number of hydrogen-bond acceptors (Lipinski definition) is 4. The van der Waals surface area contributed by atoms with Gasteiger partial charge in [0.2, 0.25) is 0 Å². The summed E-state index contributed by atoms with van der Waals surface area (Å²) in [6, 6.07) is 0.682. The quantitative estimate of drug-likeness (QED) is 0.748. The monoisotopic (exact) mass is 338 g/mol. The van der Waals surface area contributed by atoms with E-state index in [1.54, 1.807) is 0 Å². The number of carbonyl (C=O) groups excluding carboxylic acids is 1. The maximum atomic E-state index is 12.1. The van der Waals surface area contributed by atoms with E-state index in [0.29, 0.717) is 12.1 Å². The van der Waals surface area contributed by atoms with E-state index in [2.05, 4.69) is 10.6 Å². The Balaban J connectivity index is 1.43. The van der Waals surface area contributed by atoms with E-state index in [4.69, 9.17) is 9.47 Å². The number of amides is 1. The Morgan fingerprint density at radius 2 is 1.96 bits per heavy atom. The fourth-order valence-electron chi connectivity index (χ4n) is 3.54. The minimum Gasteiger partial charge on any atom is -0.444 e. The van der Waals surface area contributed by atoms with Crippen LogP contribution in [0.2, 0.25) is 0 Å². The van der Waals surface area contributed by atoms with Crippen molar-refractivity contribution in [3.05, 3.63) is 0 Å². The molecule has 0 aromatic carbocycles. The van der Waals surface area contributed by atoms with E-state index in [-0.39, 0.29) is 12.1 Å². The summed E-state index contributed by atoms with van der Waals surface area (Å²) in [6.45, 7) is 7.41. The van der Waals surface area contributed by atoms with Crippen molar-refractivity contribution < 1.29 is 14.3 Å². The van der Waals surface area contributed by atoms with Gasteiger partial charge in [0.05, 0.1) is 6.10 Å². The number of nitrogens with one attached hydrogen (secondary N) is 2. The molecule has 0 spiro atoms. The third-order valence-electron chi connectivity index (χ3n) is 5.15. The van der Waals surface area contributed by atoms with E-state index in [9.17, 15) is 4.79 Å². The minimum absolute atomic E-state index is 0.162. The molecule has 3 atom stereocenters. The molecule has 1 amide bonds. The van der Waals surface area contributed by atoms with Crippen LogP contribution < -0.4 is 10.6 Å². The summed E-state index contributed by atoms with van der Waals surface area (Å²) in [5.74, 6) is 1.58. The molecule has 0 aromatic rings. The normalized spacial score (nSPS) is 29.1. The molecule has 1 saturated heterocycles. The lowest BCUT2D eigenvalue weighted by molar-refractivity contribution is -0.0115. The molecule has 24 heavy (non-hydrogen) atoms. The third kappa shape index (κ3) is 6.25. The van der Waals surface area contributed by atoms with Gasteiger partial charge in [-0.1, -0.05) is 12.8 Å². The first-order valence-electron chi connectivity index (χ1n) is 9.73. The van der Waals surface area contributed by atoms with Gasteiger partial charge in [-0.2, -0.15) is 0 Å². The fourth-order valence-corrected chi connectivity index (χ4v) is 3.54. The first-order valence-corrected chi connectivity index (χ1v) is 9.73. The van der Waals surface area contributed by atoms with Gasteiger partial charge in [-0.3, -0.25) is 0 Å². The van der Waals surface area contributed by atoms with Crippen LogP contribution in [0.3, 0.4) is 0 Å². The van der Waals surface area contributed by atoms with Crippen LogP contribution in [0.5, 0.6) is 0 Å². The average molecular weight is 338 g/mol. The summed E-state index contributed by atoms with van der Waals surface area (Å²) in [5, 5.41) is 6.76. The van der Waals surface area contributed by atoms with E-state index in [1.165, 1.54) is 25.7 Å². The zero-order valence-electron chi connectivity index (χ0n) is 15.5. The summed E-state index contributed by atoms with van der Waals surface area (Å²) < 4.78 is 11.3. The van der Waals surface area contributed by atoms with Gasteiger partial charge < -0.3 is 20.1 Å². The molecule has 1 heterocycles. The van der Waals surface area contributed by atoms with Crippen molar-refractivity contribution >= 4 is 6.09 Å². The second-order valence-electron chi connectivity index (χ2n) is 8.90. The minimum atomic E-state index is -0.445. The number of alkyl carbamates (subject to hydrolysis) is 1. The van der Waals surface area contributed by atoms with Gasteiger partial charge in [-0.25, -0.2) is 4.79 Å². The van der Waals surface area contributed by atoms with Crippen molar-refractivity contribution in [2.45, 2.75) is 89.5 Å². The molecule has 0 bridgehead atoms. The summed E-state index contributed by atoms with van der Waals surface area (Å²) in [4.78, 5) is 12.1. The van der Waals surface area contributed by atoms with E-state index < -0.39 is 5.60 Å². The van der Waals surface area contributed by atoms with Gasteiger partial charge in [0.25, 0.3) is 0 Å². The lowest BCUT2D eigenvalue weighted by Crippen LogP contribution is -2.48. The molecule has 3 fully saturated rings. The Morgan fingerprint density at radius 3 is 2.58 bits per heavy atom. The molecule has 2 aliphatic carbocycles. The fraction of sp³-hybridized carbons (Fsp3) is 0.947. The van der Waals surface area contributed by atoms with Crippen LogP contribution in [0.4, 0.5) is 4.79 Å². The van der Waals surface area contributed by atoms with Gasteiger partial charge in [-0.05, 0) is 64.7 Å². The molecule has 1 aliphatic heterocycles. The predicted octanol–water partition coefficient (Wildman–Crippen LogP) is 3.23. The first kappa shape index (κ1) is 18.0. The molecular formula is C19H34N2O3. The molecule has 0 aromatic heterocycles. The largest absolute Gasteiger partial charge is 0.444 e. The average Bonchev–Trinajstić information content (AvgIpc) is 3.35. The molecule has 5 nitrogen and oxygen atoms in total. The van der Waals surface area contributed by atoms with E-state index in [0.717, 1.165) is 44.2 Å². The molecule has 2 N–H and O–H groups in total. The van der Waals surface area contributed by atoms with Crippen molar-refractivity contribution in [1.29, 1.82) is 0 Å². The standard InChI is InChI=1S/C19H34N2O3/c1-19(2,3)24-18(22)21-16(10-13-4-5-13)12-20-15-8-9-23-17(11-15)14-6-7-14/h13-17,20H,4-12H2,1-3H3,(H,21,22). The van der Waals surface area contributed by atoms with Gasteiger partial charge >= 0.3 is 6.09 Å². The lowest BCUT2D eigenvalue weighted by Gasteiger charge is -2.32. The number of hydrogen-bond donors (Lipinski definition) is 2. The van der Waals surface area contributed by atoms with Gasteiger partial charge in [0.15, 0.2) is 0 Å². The van der Waals surface area contributed by atoms with Gasteiger partial charge in [0.1, 0.15) is 5.60 Å². The topological polar surface area (TPSA) is 59.6 Å². The summed E-state index contributed by atoms with van der Waals surface area (Å²) in [6.07, 6.45) is 8.68. The highest BCUT2D eigenvalue weighted by atomic mass is 16.6. The molecule has 2 saturated carbocycles. The zero-order chi connectivity index (χ0) is 17.2. The summed E-state index contributed by atoms with van der Waals surface area (Å²) >= 11 is 0. The summed E-state index contributed by atoms with van der Waals surface area (Å²) in [5.41, 5.74) is -0.445. The van der Waals surface area contributed by atoms with E-state index in [1.807, 2.05) is 20.8 Å². The van der Waals surface area contributed by atoms with E-state index >= 15 is 0 Å². The summed E-state index contributed by atoms with van der Waals surface area (Å²) in [7, 11) is 0. The SMILES string of the molecule is CC(C)(C)OC(=O)NC(CNC1CCOC(C2CC2)C1)CC1CC1. The lowest BCUT2D eigenvalue weighted by atomic mass is 9.99. The first-order chi connectivity index (χ1) is 11.4.